The number of benzene rings is 2. The van der Waals surface area contributed by atoms with Gasteiger partial charge in [0.1, 0.15) is 5.75 Å². The van der Waals surface area contributed by atoms with Crippen molar-refractivity contribution in [3.8, 4) is 11.5 Å². The molecule has 3 aromatic rings. The predicted octanol–water partition coefficient (Wildman–Crippen LogP) is 4.61. The molecule has 0 radical (unpaired) electrons. The van der Waals surface area contributed by atoms with Crippen molar-refractivity contribution in [1.29, 1.82) is 0 Å². The van der Waals surface area contributed by atoms with Crippen LogP contribution in [0, 0.1) is 0 Å². The molecule has 0 saturated carbocycles. The lowest BCUT2D eigenvalue weighted by atomic mass is 10.1. The number of fused-ring (bicyclic) bond motifs is 1. The molecule has 0 unspecified atom stereocenters. The molecular weight excluding hydrogens is 339 g/mol. The van der Waals surface area contributed by atoms with Gasteiger partial charge in [-0.1, -0.05) is 35.3 Å². The number of aromatic nitrogens is 1. The van der Waals surface area contributed by atoms with Crippen LogP contribution < -0.4 is 10.5 Å². The minimum absolute atomic E-state index is 0.123. The third kappa shape index (κ3) is 3.02. The van der Waals surface area contributed by atoms with Gasteiger partial charge in [0.05, 0.1) is 27.3 Å². The van der Waals surface area contributed by atoms with Crippen molar-refractivity contribution >= 4 is 45.8 Å². The molecule has 0 spiro atoms. The predicted molar refractivity (Wildman–Crippen MR) is 89.7 cm³/mol. The second-order valence-electron chi connectivity index (χ2n) is 4.77. The molecule has 2 aromatic carbocycles. The Morgan fingerprint density at radius 3 is 2.52 bits per heavy atom. The lowest BCUT2D eigenvalue weighted by Crippen LogP contribution is -1.99. The monoisotopic (exact) mass is 348 g/mol. The Hall–Kier alpha value is -2.50. The van der Waals surface area contributed by atoms with Crippen LogP contribution in [-0.2, 0) is 0 Å². The van der Waals surface area contributed by atoms with Gasteiger partial charge in [-0.25, -0.2) is 4.79 Å². The van der Waals surface area contributed by atoms with Crippen molar-refractivity contribution in [3.05, 3.63) is 58.2 Å². The van der Waals surface area contributed by atoms with Gasteiger partial charge in [0.15, 0.2) is 5.75 Å². The molecule has 0 amide bonds. The number of anilines is 1. The Morgan fingerprint density at radius 2 is 1.87 bits per heavy atom. The summed E-state index contributed by atoms with van der Waals surface area (Å²) in [4.78, 5) is 15.4. The average Bonchev–Trinajstić information content (AvgIpc) is 2.49. The molecule has 0 saturated heterocycles. The highest BCUT2D eigenvalue weighted by Crippen LogP contribution is 2.38. The van der Waals surface area contributed by atoms with Crippen LogP contribution in [0.15, 0.2) is 42.6 Å². The second-order valence-corrected chi connectivity index (χ2v) is 5.58. The van der Waals surface area contributed by atoms with E-state index in [0.717, 1.165) is 0 Å². The molecular formula is C16H10Cl2N2O3. The number of hydrogen-bond donors (Lipinski definition) is 2. The van der Waals surface area contributed by atoms with Gasteiger partial charge in [-0.3, -0.25) is 4.98 Å². The molecule has 0 bridgehead atoms. The van der Waals surface area contributed by atoms with E-state index in [2.05, 4.69) is 4.98 Å². The Kier molecular flexibility index (Phi) is 3.98. The van der Waals surface area contributed by atoms with E-state index in [1.54, 1.807) is 18.2 Å². The summed E-state index contributed by atoms with van der Waals surface area (Å²) in [6.45, 7) is 0. The zero-order valence-corrected chi connectivity index (χ0v) is 13.1. The van der Waals surface area contributed by atoms with E-state index in [9.17, 15) is 4.79 Å². The topological polar surface area (TPSA) is 85.4 Å². The zero-order valence-electron chi connectivity index (χ0n) is 11.6. The maximum absolute atomic E-state index is 11.2. The fraction of sp³-hybridized carbons (Fsp3) is 0. The molecule has 7 heteroatoms. The minimum atomic E-state index is -1.04. The highest BCUT2D eigenvalue weighted by atomic mass is 35.5. The first-order chi connectivity index (χ1) is 11.0. The van der Waals surface area contributed by atoms with Gasteiger partial charge in [0, 0.05) is 11.1 Å². The fourth-order valence-corrected chi connectivity index (χ4v) is 2.74. The second kappa shape index (κ2) is 5.95. The first-order valence-corrected chi connectivity index (χ1v) is 7.26. The molecule has 0 aliphatic heterocycles. The van der Waals surface area contributed by atoms with E-state index in [4.69, 9.17) is 38.8 Å². The normalized spacial score (nSPS) is 10.7. The van der Waals surface area contributed by atoms with Gasteiger partial charge in [-0.15, -0.1) is 0 Å². The van der Waals surface area contributed by atoms with Crippen molar-refractivity contribution in [2.24, 2.45) is 0 Å². The Balaban J connectivity index is 2.04. The van der Waals surface area contributed by atoms with Crippen LogP contribution in [-0.4, -0.2) is 16.1 Å². The summed E-state index contributed by atoms with van der Waals surface area (Å²) in [5.74, 6) is -0.395. The van der Waals surface area contributed by atoms with Crippen molar-refractivity contribution < 1.29 is 14.6 Å². The van der Waals surface area contributed by atoms with Crippen LogP contribution >= 0.6 is 23.2 Å². The Bertz CT molecular complexity index is 905. The average molecular weight is 349 g/mol. The number of nitrogens with zero attached hydrogens (tertiary/aromatic N) is 1. The third-order valence-electron chi connectivity index (χ3n) is 3.16. The largest absolute Gasteiger partial charge is 0.478 e. The first-order valence-electron chi connectivity index (χ1n) is 6.50. The number of pyridine rings is 1. The number of rotatable bonds is 3. The Labute approximate surface area is 141 Å². The number of nitrogens with two attached hydrogens (primary N) is 1. The maximum atomic E-state index is 11.2. The van der Waals surface area contributed by atoms with E-state index in [1.807, 2.05) is 0 Å². The summed E-state index contributed by atoms with van der Waals surface area (Å²) in [5.41, 5.74) is 6.57. The quantitative estimate of drug-likeness (QED) is 0.674. The van der Waals surface area contributed by atoms with Gasteiger partial charge in [0.2, 0.25) is 0 Å². The molecule has 0 aliphatic rings. The molecule has 5 nitrogen and oxygen atoms in total. The van der Waals surface area contributed by atoms with Crippen molar-refractivity contribution in [3.63, 3.8) is 0 Å². The van der Waals surface area contributed by atoms with Crippen LogP contribution in [0.5, 0.6) is 11.5 Å². The number of aromatic carboxylic acids is 1. The van der Waals surface area contributed by atoms with E-state index in [-0.39, 0.29) is 21.4 Å². The SMILES string of the molecule is Nc1cc(Cl)c(Oc2cnc3c(C(=O)O)cccc3c2)c(Cl)c1. The molecule has 1 heterocycles. The molecule has 3 N–H and O–H groups in total. The van der Waals surface area contributed by atoms with Gasteiger partial charge in [0.25, 0.3) is 0 Å². The van der Waals surface area contributed by atoms with Crippen LogP contribution in [0.25, 0.3) is 10.9 Å². The number of hydrogen-bond acceptors (Lipinski definition) is 4. The zero-order chi connectivity index (χ0) is 16.6. The highest BCUT2D eigenvalue weighted by molar-refractivity contribution is 6.37. The van der Waals surface area contributed by atoms with E-state index in [1.165, 1.54) is 24.4 Å². The van der Waals surface area contributed by atoms with Gasteiger partial charge < -0.3 is 15.6 Å². The van der Waals surface area contributed by atoms with Crippen LogP contribution in [0.3, 0.4) is 0 Å². The van der Waals surface area contributed by atoms with Gasteiger partial charge in [-0.05, 0) is 24.3 Å². The number of carboxylic acid groups (broad SMARTS) is 1. The third-order valence-corrected chi connectivity index (χ3v) is 3.72. The van der Waals surface area contributed by atoms with E-state index >= 15 is 0 Å². The van der Waals surface area contributed by atoms with Crippen LogP contribution in [0.1, 0.15) is 10.4 Å². The number of ether oxygens (including phenoxy) is 1. The minimum Gasteiger partial charge on any atom is -0.478 e. The molecule has 3 rings (SSSR count). The molecule has 0 atom stereocenters. The van der Waals surface area contributed by atoms with Crippen LogP contribution in [0.2, 0.25) is 10.0 Å². The van der Waals surface area contributed by atoms with Gasteiger partial charge in [-0.2, -0.15) is 0 Å². The first kappa shape index (κ1) is 15.4. The number of carbonyl (C=O) groups is 1. The summed E-state index contributed by atoms with van der Waals surface area (Å²) in [6.07, 6.45) is 1.41. The summed E-state index contributed by atoms with van der Waals surface area (Å²) < 4.78 is 5.67. The number of nitrogen functional groups attached to an aromatic ring is 1. The van der Waals surface area contributed by atoms with Crippen molar-refractivity contribution in [1.82, 2.24) is 4.98 Å². The lowest BCUT2D eigenvalue weighted by molar-refractivity contribution is 0.0699. The van der Waals surface area contributed by atoms with E-state index < -0.39 is 5.97 Å². The van der Waals surface area contributed by atoms with E-state index in [0.29, 0.717) is 22.3 Å². The molecule has 23 heavy (non-hydrogen) atoms. The molecule has 116 valence electrons. The van der Waals surface area contributed by atoms with Gasteiger partial charge >= 0.3 is 5.97 Å². The van der Waals surface area contributed by atoms with Crippen molar-refractivity contribution in [2.75, 3.05) is 5.73 Å². The number of para-hydroxylation sites is 1. The summed E-state index contributed by atoms with van der Waals surface area (Å²) in [5, 5.41) is 10.3. The molecule has 1 aromatic heterocycles. The molecule has 0 aliphatic carbocycles. The summed E-state index contributed by atoms with van der Waals surface area (Å²) >= 11 is 12.2. The maximum Gasteiger partial charge on any atom is 0.337 e. The van der Waals surface area contributed by atoms with Crippen molar-refractivity contribution in [2.45, 2.75) is 0 Å². The summed E-state index contributed by atoms with van der Waals surface area (Å²) in [7, 11) is 0. The highest BCUT2D eigenvalue weighted by Gasteiger charge is 2.13. The summed E-state index contributed by atoms with van der Waals surface area (Å²) in [6, 6.07) is 9.59. The standard InChI is InChI=1S/C16H10Cl2N2O3/c17-12-5-9(19)6-13(18)15(12)23-10-4-8-2-1-3-11(16(21)22)14(8)20-7-10/h1-7H,19H2,(H,21,22). The number of carboxylic acids is 1. The smallest absolute Gasteiger partial charge is 0.337 e. The Morgan fingerprint density at radius 1 is 1.17 bits per heavy atom. The molecule has 0 fully saturated rings. The number of halogens is 2. The lowest BCUT2D eigenvalue weighted by Gasteiger charge is -2.11. The van der Waals surface area contributed by atoms with Crippen LogP contribution in [0.4, 0.5) is 5.69 Å². The fourth-order valence-electron chi connectivity index (χ4n) is 2.16.